The fourth-order valence-electron chi connectivity index (χ4n) is 2.87. The van der Waals surface area contributed by atoms with Crippen LogP contribution in [-0.4, -0.2) is 0 Å². The van der Waals surface area contributed by atoms with E-state index in [0.29, 0.717) is 5.69 Å². The first kappa shape index (κ1) is 13.1. The lowest BCUT2D eigenvalue weighted by molar-refractivity contribution is 0.579. The first-order valence-electron chi connectivity index (χ1n) is 7.03. The highest BCUT2D eigenvalue weighted by molar-refractivity contribution is 5.48. The van der Waals surface area contributed by atoms with Crippen molar-refractivity contribution in [3.63, 3.8) is 0 Å². The number of hydrogen-bond acceptors (Lipinski definition) is 1. The van der Waals surface area contributed by atoms with Crippen LogP contribution in [0.5, 0.6) is 0 Å². The summed E-state index contributed by atoms with van der Waals surface area (Å²) in [7, 11) is 0. The van der Waals surface area contributed by atoms with E-state index in [-0.39, 0.29) is 6.04 Å². The molecule has 3 rings (SSSR count). The van der Waals surface area contributed by atoms with Crippen LogP contribution >= 0.6 is 0 Å². The van der Waals surface area contributed by atoms with E-state index >= 15 is 0 Å². The van der Waals surface area contributed by atoms with Gasteiger partial charge in [0.1, 0.15) is 11.6 Å². The fraction of sp³-hybridized carbons (Fsp3) is 0.294. The molecule has 0 saturated carbocycles. The van der Waals surface area contributed by atoms with Gasteiger partial charge in [0, 0.05) is 6.07 Å². The van der Waals surface area contributed by atoms with E-state index in [4.69, 9.17) is 0 Å². The molecule has 0 saturated heterocycles. The zero-order valence-corrected chi connectivity index (χ0v) is 11.2. The summed E-state index contributed by atoms with van der Waals surface area (Å²) in [5.74, 6) is -1.08. The highest BCUT2D eigenvalue weighted by Gasteiger charge is 2.19. The van der Waals surface area contributed by atoms with E-state index in [0.717, 1.165) is 31.7 Å². The number of halogens is 2. The third-order valence-electron chi connectivity index (χ3n) is 3.88. The van der Waals surface area contributed by atoms with E-state index in [2.05, 4.69) is 17.4 Å². The van der Waals surface area contributed by atoms with Crippen LogP contribution in [0.25, 0.3) is 0 Å². The third-order valence-corrected chi connectivity index (χ3v) is 3.88. The van der Waals surface area contributed by atoms with Crippen LogP contribution in [0.4, 0.5) is 14.5 Å². The molecule has 1 nitrogen and oxygen atoms in total. The molecule has 0 aliphatic heterocycles. The van der Waals surface area contributed by atoms with Gasteiger partial charge in [0.25, 0.3) is 0 Å². The standard InChI is InChI=1S/C17H17F2N/c18-13-9-10-17(15(19)11-13)20-16-8-4-2-6-12-5-1-3-7-14(12)16/h1,3,5,7,9-11,16,20H,2,4,6,8H2. The number of anilines is 1. The Morgan fingerprint density at radius 2 is 1.85 bits per heavy atom. The SMILES string of the molecule is Fc1ccc(NC2CCCCc3ccccc32)c(F)c1. The predicted molar refractivity (Wildman–Crippen MR) is 76.7 cm³/mol. The Labute approximate surface area is 117 Å². The molecule has 0 spiro atoms. The normalized spacial score (nSPS) is 18.2. The Bertz CT molecular complexity index is 610. The molecule has 1 N–H and O–H groups in total. The molecule has 2 aromatic carbocycles. The summed E-state index contributed by atoms with van der Waals surface area (Å²) < 4.78 is 26.7. The molecule has 20 heavy (non-hydrogen) atoms. The van der Waals surface area contributed by atoms with Crippen molar-refractivity contribution >= 4 is 5.69 Å². The second kappa shape index (κ2) is 5.61. The van der Waals surface area contributed by atoms with Crippen molar-refractivity contribution in [2.24, 2.45) is 0 Å². The number of aryl methyl sites for hydroxylation is 1. The molecule has 2 aromatic rings. The van der Waals surface area contributed by atoms with Gasteiger partial charge < -0.3 is 5.32 Å². The minimum absolute atomic E-state index is 0.0914. The van der Waals surface area contributed by atoms with Gasteiger partial charge in [-0.3, -0.25) is 0 Å². The average molecular weight is 273 g/mol. The van der Waals surface area contributed by atoms with Gasteiger partial charge in [0.15, 0.2) is 0 Å². The van der Waals surface area contributed by atoms with Gasteiger partial charge in [-0.05, 0) is 42.5 Å². The summed E-state index contributed by atoms with van der Waals surface area (Å²) in [4.78, 5) is 0. The zero-order chi connectivity index (χ0) is 13.9. The highest BCUT2D eigenvalue weighted by Crippen LogP contribution is 2.32. The molecular formula is C17H17F2N. The lowest BCUT2D eigenvalue weighted by Gasteiger charge is -2.21. The van der Waals surface area contributed by atoms with Gasteiger partial charge in [-0.2, -0.15) is 0 Å². The van der Waals surface area contributed by atoms with E-state index in [1.54, 1.807) is 0 Å². The maximum absolute atomic E-state index is 13.8. The summed E-state index contributed by atoms with van der Waals surface area (Å²) in [6.07, 6.45) is 4.30. The summed E-state index contributed by atoms with van der Waals surface area (Å²) >= 11 is 0. The summed E-state index contributed by atoms with van der Waals surface area (Å²) in [6, 6.07) is 12.1. The van der Waals surface area contributed by atoms with Gasteiger partial charge in [-0.15, -0.1) is 0 Å². The topological polar surface area (TPSA) is 12.0 Å². The minimum Gasteiger partial charge on any atom is -0.376 e. The fourth-order valence-corrected chi connectivity index (χ4v) is 2.87. The number of fused-ring (bicyclic) bond motifs is 1. The summed E-state index contributed by atoms with van der Waals surface area (Å²) in [5, 5.41) is 3.23. The monoisotopic (exact) mass is 273 g/mol. The maximum atomic E-state index is 13.8. The Kier molecular flexibility index (Phi) is 3.68. The minimum atomic E-state index is -0.547. The van der Waals surface area contributed by atoms with Crippen molar-refractivity contribution in [1.29, 1.82) is 0 Å². The van der Waals surface area contributed by atoms with Crippen molar-refractivity contribution in [1.82, 2.24) is 0 Å². The van der Waals surface area contributed by atoms with E-state index < -0.39 is 11.6 Å². The molecule has 0 bridgehead atoms. The number of benzene rings is 2. The molecule has 1 atom stereocenters. The number of rotatable bonds is 2. The molecular weight excluding hydrogens is 256 g/mol. The molecule has 104 valence electrons. The maximum Gasteiger partial charge on any atom is 0.149 e. The third kappa shape index (κ3) is 2.67. The van der Waals surface area contributed by atoms with Gasteiger partial charge in [-0.25, -0.2) is 8.78 Å². The molecule has 0 heterocycles. The lowest BCUT2D eigenvalue weighted by atomic mass is 9.99. The van der Waals surface area contributed by atoms with Crippen LogP contribution in [-0.2, 0) is 6.42 Å². The van der Waals surface area contributed by atoms with Crippen molar-refractivity contribution in [2.75, 3.05) is 5.32 Å². The van der Waals surface area contributed by atoms with Gasteiger partial charge >= 0.3 is 0 Å². The van der Waals surface area contributed by atoms with Gasteiger partial charge in [0.2, 0.25) is 0 Å². The molecule has 3 heteroatoms. The first-order chi connectivity index (χ1) is 9.74. The van der Waals surface area contributed by atoms with E-state index in [9.17, 15) is 8.78 Å². The summed E-state index contributed by atoms with van der Waals surface area (Å²) in [6.45, 7) is 0. The number of nitrogens with one attached hydrogen (secondary N) is 1. The number of hydrogen-bond donors (Lipinski definition) is 1. The Balaban J connectivity index is 1.90. The largest absolute Gasteiger partial charge is 0.376 e. The van der Waals surface area contributed by atoms with Crippen LogP contribution in [0.15, 0.2) is 42.5 Å². The first-order valence-corrected chi connectivity index (χ1v) is 7.03. The van der Waals surface area contributed by atoms with Crippen LogP contribution < -0.4 is 5.32 Å². The van der Waals surface area contributed by atoms with Gasteiger partial charge in [0.05, 0.1) is 11.7 Å². The molecule has 0 radical (unpaired) electrons. The molecule has 0 fully saturated rings. The zero-order valence-electron chi connectivity index (χ0n) is 11.2. The predicted octanol–water partition coefficient (Wildman–Crippen LogP) is 4.84. The second-order valence-electron chi connectivity index (χ2n) is 5.27. The van der Waals surface area contributed by atoms with Gasteiger partial charge in [-0.1, -0.05) is 30.7 Å². The smallest absolute Gasteiger partial charge is 0.149 e. The van der Waals surface area contributed by atoms with E-state index in [1.165, 1.54) is 23.3 Å². The quantitative estimate of drug-likeness (QED) is 0.772. The van der Waals surface area contributed by atoms with Crippen molar-refractivity contribution in [2.45, 2.75) is 31.7 Å². The highest BCUT2D eigenvalue weighted by atomic mass is 19.1. The Morgan fingerprint density at radius 3 is 2.70 bits per heavy atom. The molecule has 1 unspecified atom stereocenters. The molecule has 1 aliphatic rings. The Hall–Kier alpha value is -1.90. The molecule has 0 aromatic heterocycles. The lowest BCUT2D eigenvalue weighted by Crippen LogP contribution is -2.12. The molecule has 1 aliphatic carbocycles. The average Bonchev–Trinajstić information content (AvgIpc) is 2.65. The van der Waals surface area contributed by atoms with Crippen LogP contribution in [0, 0.1) is 11.6 Å². The Morgan fingerprint density at radius 1 is 1.00 bits per heavy atom. The van der Waals surface area contributed by atoms with Crippen LogP contribution in [0.1, 0.15) is 36.4 Å². The van der Waals surface area contributed by atoms with Crippen LogP contribution in [0.3, 0.4) is 0 Å². The summed E-state index contributed by atoms with van der Waals surface area (Å²) in [5.41, 5.74) is 2.92. The second-order valence-corrected chi connectivity index (χ2v) is 5.27. The van der Waals surface area contributed by atoms with Crippen LogP contribution in [0.2, 0.25) is 0 Å². The van der Waals surface area contributed by atoms with Crippen molar-refractivity contribution in [3.8, 4) is 0 Å². The van der Waals surface area contributed by atoms with Crippen molar-refractivity contribution < 1.29 is 8.78 Å². The van der Waals surface area contributed by atoms with Crippen molar-refractivity contribution in [3.05, 3.63) is 65.2 Å². The molecule has 0 amide bonds. The van der Waals surface area contributed by atoms with E-state index in [1.807, 2.05) is 12.1 Å².